The van der Waals surface area contributed by atoms with Crippen molar-refractivity contribution in [2.45, 2.75) is 13.2 Å². The van der Waals surface area contributed by atoms with Gasteiger partial charge in [-0.1, -0.05) is 12.1 Å². The van der Waals surface area contributed by atoms with Gasteiger partial charge in [0.25, 0.3) is 5.91 Å². The Balaban J connectivity index is 1.19. The van der Waals surface area contributed by atoms with Crippen LogP contribution in [0.15, 0.2) is 60.7 Å². The van der Waals surface area contributed by atoms with Gasteiger partial charge in [0.05, 0.1) is 14.2 Å². The molecule has 0 radical (unpaired) electrons. The predicted molar refractivity (Wildman–Crippen MR) is 134 cm³/mol. The molecule has 1 fully saturated rings. The Labute approximate surface area is 210 Å². The van der Waals surface area contributed by atoms with Crippen molar-refractivity contribution in [2.24, 2.45) is 0 Å². The van der Waals surface area contributed by atoms with E-state index in [0.717, 1.165) is 42.4 Å². The highest BCUT2D eigenvalue weighted by atomic mass is 16.7. The van der Waals surface area contributed by atoms with Gasteiger partial charge in [-0.2, -0.15) is 0 Å². The van der Waals surface area contributed by atoms with Crippen molar-refractivity contribution < 1.29 is 28.5 Å². The summed E-state index contributed by atoms with van der Waals surface area (Å²) in [5.41, 5.74) is 2.62. The van der Waals surface area contributed by atoms with Gasteiger partial charge in [-0.3, -0.25) is 9.69 Å². The number of hydrogen-bond acceptors (Lipinski definition) is 7. The van der Waals surface area contributed by atoms with Crippen molar-refractivity contribution in [3.63, 3.8) is 0 Å². The summed E-state index contributed by atoms with van der Waals surface area (Å²) in [6.45, 7) is 4.33. The fourth-order valence-corrected chi connectivity index (χ4v) is 4.47. The van der Waals surface area contributed by atoms with E-state index in [0.29, 0.717) is 30.2 Å². The van der Waals surface area contributed by atoms with Gasteiger partial charge >= 0.3 is 0 Å². The number of fused-ring (bicyclic) bond motifs is 1. The molecule has 0 spiro atoms. The number of amides is 1. The summed E-state index contributed by atoms with van der Waals surface area (Å²) < 4.78 is 27.6. The third-order valence-electron chi connectivity index (χ3n) is 6.47. The van der Waals surface area contributed by atoms with Crippen LogP contribution in [-0.2, 0) is 13.2 Å². The molecule has 1 saturated heterocycles. The fraction of sp³-hybridized carbons (Fsp3) is 0.321. The molecule has 2 heterocycles. The molecule has 0 unspecified atom stereocenters. The molecule has 0 atom stereocenters. The van der Waals surface area contributed by atoms with Gasteiger partial charge in [0.15, 0.2) is 11.5 Å². The Morgan fingerprint density at radius 3 is 2.47 bits per heavy atom. The van der Waals surface area contributed by atoms with Crippen molar-refractivity contribution in [3.05, 3.63) is 77.4 Å². The lowest BCUT2D eigenvalue weighted by Gasteiger charge is -2.35. The van der Waals surface area contributed by atoms with Gasteiger partial charge < -0.3 is 28.6 Å². The monoisotopic (exact) mass is 490 g/mol. The van der Waals surface area contributed by atoms with Crippen LogP contribution in [0.3, 0.4) is 0 Å². The highest BCUT2D eigenvalue weighted by molar-refractivity contribution is 5.94. The van der Waals surface area contributed by atoms with Crippen LogP contribution in [0, 0.1) is 0 Å². The van der Waals surface area contributed by atoms with Crippen molar-refractivity contribution in [3.8, 4) is 28.7 Å². The van der Waals surface area contributed by atoms with Crippen molar-refractivity contribution in [2.75, 3.05) is 47.2 Å². The summed E-state index contributed by atoms with van der Waals surface area (Å²) >= 11 is 0. The van der Waals surface area contributed by atoms with Gasteiger partial charge in [-0.25, -0.2) is 0 Å². The first kappa shape index (κ1) is 23.8. The molecule has 2 aliphatic rings. The smallest absolute Gasteiger partial charge is 0.253 e. The zero-order valence-corrected chi connectivity index (χ0v) is 20.6. The minimum absolute atomic E-state index is 0.0167. The zero-order chi connectivity index (χ0) is 24.9. The first-order valence-electron chi connectivity index (χ1n) is 12.0. The Hall–Kier alpha value is -3.91. The second-order valence-corrected chi connectivity index (χ2v) is 8.75. The minimum atomic E-state index is 0.0167. The summed E-state index contributed by atoms with van der Waals surface area (Å²) in [5, 5.41) is 0. The number of carbonyl (C=O) groups excluding carboxylic acids is 1. The van der Waals surface area contributed by atoms with Crippen LogP contribution in [0.25, 0.3) is 0 Å². The molecule has 8 nitrogen and oxygen atoms in total. The van der Waals surface area contributed by atoms with Gasteiger partial charge in [0.1, 0.15) is 23.9 Å². The average molecular weight is 491 g/mol. The molecule has 0 N–H and O–H groups in total. The Morgan fingerprint density at radius 1 is 0.861 bits per heavy atom. The van der Waals surface area contributed by atoms with Crippen LogP contribution in [-0.4, -0.2) is 62.9 Å². The topological polar surface area (TPSA) is 69.7 Å². The summed E-state index contributed by atoms with van der Waals surface area (Å²) in [7, 11) is 3.24. The van der Waals surface area contributed by atoms with E-state index in [2.05, 4.69) is 11.0 Å². The largest absolute Gasteiger partial charge is 0.497 e. The molecule has 5 rings (SSSR count). The van der Waals surface area contributed by atoms with Crippen LogP contribution in [0.5, 0.6) is 28.7 Å². The molecule has 3 aromatic carbocycles. The van der Waals surface area contributed by atoms with Gasteiger partial charge in [0.2, 0.25) is 6.79 Å². The molecule has 36 heavy (non-hydrogen) atoms. The number of rotatable bonds is 8. The first-order valence-corrected chi connectivity index (χ1v) is 12.0. The molecule has 2 aliphatic heterocycles. The SMILES string of the molecule is COc1cccc(OCc2cc(C(=O)N3CCN(Cc4ccc5c(c4)OCO5)CC3)ccc2OC)c1. The summed E-state index contributed by atoms with van der Waals surface area (Å²) in [6, 6.07) is 19.0. The van der Waals surface area contributed by atoms with Crippen LogP contribution in [0.1, 0.15) is 21.5 Å². The second kappa shape index (κ2) is 10.8. The quantitative estimate of drug-likeness (QED) is 0.473. The minimum Gasteiger partial charge on any atom is -0.497 e. The molecule has 0 saturated carbocycles. The van der Waals surface area contributed by atoms with Crippen molar-refractivity contribution >= 4 is 5.91 Å². The molecule has 8 heteroatoms. The first-order chi connectivity index (χ1) is 17.6. The summed E-state index contributed by atoms with van der Waals surface area (Å²) in [4.78, 5) is 17.5. The molecule has 188 valence electrons. The molecular weight excluding hydrogens is 460 g/mol. The van der Waals surface area contributed by atoms with E-state index >= 15 is 0 Å². The highest BCUT2D eigenvalue weighted by Gasteiger charge is 2.24. The Kier molecular flexibility index (Phi) is 7.13. The van der Waals surface area contributed by atoms with Crippen LogP contribution >= 0.6 is 0 Å². The molecule has 3 aromatic rings. The van der Waals surface area contributed by atoms with E-state index in [4.69, 9.17) is 23.7 Å². The molecule has 1 amide bonds. The second-order valence-electron chi connectivity index (χ2n) is 8.75. The normalized spacial score (nSPS) is 15.0. The predicted octanol–water partition coefficient (Wildman–Crippen LogP) is 3.97. The lowest BCUT2D eigenvalue weighted by molar-refractivity contribution is 0.0628. The number of ether oxygens (including phenoxy) is 5. The number of methoxy groups -OCH3 is 2. The van der Waals surface area contributed by atoms with Crippen LogP contribution in [0.4, 0.5) is 0 Å². The third-order valence-corrected chi connectivity index (χ3v) is 6.47. The van der Waals surface area contributed by atoms with Crippen LogP contribution in [0.2, 0.25) is 0 Å². The molecule has 0 aliphatic carbocycles. The van der Waals surface area contributed by atoms with Crippen LogP contribution < -0.4 is 23.7 Å². The Bertz CT molecular complexity index is 1220. The maximum absolute atomic E-state index is 13.3. The van der Waals surface area contributed by atoms with E-state index < -0.39 is 0 Å². The number of benzene rings is 3. The van der Waals surface area contributed by atoms with E-state index in [1.807, 2.05) is 59.5 Å². The maximum Gasteiger partial charge on any atom is 0.253 e. The lowest BCUT2D eigenvalue weighted by atomic mass is 10.1. The highest BCUT2D eigenvalue weighted by Crippen LogP contribution is 2.33. The average Bonchev–Trinajstić information content (AvgIpc) is 3.40. The van der Waals surface area contributed by atoms with Gasteiger partial charge in [0, 0.05) is 49.9 Å². The van der Waals surface area contributed by atoms with Gasteiger partial charge in [-0.05, 0) is 48.0 Å². The maximum atomic E-state index is 13.3. The lowest BCUT2D eigenvalue weighted by Crippen LogP contribution is -2.48. The van der Waals surface area contributed by atoms with Crippen molar-refractivity contribution in [1.29, 1.82) is 0 Å². The van der Waals surface area contributed by atoms with E-state index in [-0.39, 0.29) is 19.3 Å². The summed E-state index contributed by atoms with van der Waals surface area (Å²) in [6.07, 6.45) is 0. The third kappa shape index (κ3) is 5.33. The number of hydrogen-bond donors (Lipinski definition) is 0. The standard InChI is InChI=1S/C28H30N2O6/c1-32-23-4-3-5-24(16-23)34-18-22-15-21(7-9-25(22)33-2)28(31)30-12-10-29(11-13-30)17-20-6-8-26-27(14-20)36-19-35-26/h3-9,14-16H,10-13,17-19H2,1-2H3. The van der Waals surface area contributed by atoms with E-state index in [9.17, 15) is 4.79 Å². The fourth-order valence-electron chi connectivity index (χ4n) is 4.47. The summed E-state index contributed by atoms with van der Waals surface area (Å²) in [5.74, 6) is 3.70. The number of carbonyl (C=O) groups is 1. The van der Waals surface area contributed by atoms with Crippen molar-refractivity contribution in [1.82, 2.24) is 9.80 Å². The van der Waals surface area contributed by atoms with E-state index in [1.54, 1.807) is 14.2 Å². The molecule has 0 aromatic heterocycles. The Morgan fingerprint density at radius 2 is 1.67 bits per heavy atom. The van der Waals surface area contributed by atoms with Gasteiger partial charge in [-0.15, -0.1) is 0 Å². The molecule has 0 bridgehead atoms. The zero-order valence-electron chi connectivity index (χ0n) is 20.6. The number of nitrogens with zero attached hydrogens (tertiary/aromatic N) is 2. The molecular formula is C28H30N2O6. The van der Waals surface area contributed by atoms with E-state index in [1.165, 1.54) is 5.56 Å². The number of piperazine rings is 1.